The number of rotatable bonds is 6. The molecule has 1 saturated heterocycles. The molecule has 1 aliphatic heterocycles. The highest BCUT2D eigenvalue weighted by atomic mass is 32.2. The fourth-order valence-corrected chi connectivity index (χ4v) is 3.47. The maximum atomic E-state index is 12.4. The van der Waals surface area contributed by atoms with Gasteiger partial charge in [0.15, 0.2) is 0 Å². The van der Waals surface area contributed by atoms with E-state index < -0.39 is 5.54 Å². The minimum atomic E-state index is -0.611. The predicted octanol–water partition coefficient (Wildman–Crippen LogP) is 1.65. The normalized spacial score (nSPS) is 31.5. The van der Waals surface area contributed by atoms with Gasteiger partial charge in [-0.1, -0.05) is 6.92 Å². The van der Waals surface area contributed by atoms with E-state index in [2.05, 4.69) is 12.2 Å². The molecule has 4 nitrogen and oxygen atoms in total. The highest BCUT2D eigenvalue weighted by Crippen LogP contribution is 2.44. The maximum absolute atomic E-state index is 12.4. The third-order valence-electron chi connectivity index (χ3n) is 4.25. The summed E-state index contributed by atoms with van der Waals surface area (Å²) in [4.78, 5) is 26.6. The first kappa shape index (κ1) is 14.7. The topological polar surface area (TPSA) is 49.4 Å². The first-order chi connectivity index (χ1) is 9.01. The summed E-state index contributed by atoms with van der Waals surface area (Å²) >= 11 is 1.89. The molecule has 2 unspecified atom stereocenters. The monoisotopic (exact) mass is 284 g/mol. The SMILES string of the molecule is CCSCCCN1C(=O)C(C)NC(=O)C1(C)C1CC1. The van der Waals surface area contributed by atoms with Crippen molar-refractivity contribution in [3.05, 3.63) is 0 Å². The summed E-state index contributed by atoms with van der Waals surface area (Å²) in [6.45, 7) is 6.56. The van der Waals surface area contributed by atoms with Crippen LogP contribution in [0.25, 0.3) is 0 Å². The Labute approximate surface area is 119 Å². The highest BCUT2D eigenvalue weighted by Gasteiger charge is 2.56. The Morgan fingerprint density at radius 3 is 2.68 bits per heavy atom. The average Bonchev–Trinajstić information content (AvgIpc) is 3.20. The number of nitrogens with one attached hydrogen (secondary N) is 1. The Kier molecular flexibility index (Phi) is 4.43. The molecular formula is C14H24N2O2S. The van der Waals surface area contributed by atoms with E-state index in [0.717, 1.165) is 30.8 Å². The van der Waals surface area contributed by atoms with E-state index in [1.165, 1.54) is 0 Å². The third kappa shape index (κ3) is 2.76. The first-order valence-corrected chi connectivity index (χ1v) is 8.37. The van der Waals surface area contributed by atoms with Crippen LogP contribution in [0.2, 0.25) is 0 Å². The van der Waals surface area contributed by atoms with Crippen molar-refractivity contribution in [2.24, 2.45) is 5.92 Å². The second-order valence-corrected chi connectivity index (χ2v) is 7.05. The van der Waals surface area contributed by atoms with Crippen LogP contribution in [0.1, 0.15) is 40.0 Å². The molecule has 0 bridgehead atoms. The number of amides is 2. The molecule has 0 aromatic heterocycles. The lowest BCUT2D eigenvalue weighted by Gasteiger charge is -2.46. The van der Waals surface area contributed by atoms with Crippen LogP contribution in [0.3, 0.4) is 0 Å². The fraction of sp³-hybridized carbons (Fsp3) is 0.857. The summed E-state index contributed by atoms with van der Waals surface area (Å²) in [5.74, 6) is 2.62. The lowest BCUT2D eigenvalue weighted by molar-refractivity contribution is -0.157. The van der Waals surface area contributed by atoms with Crippen molar-refractivity contribution in [3.8, 4) is 0 Å². The fourth-order valence-electron chi connectivity index (χ4n) is 2.85. The molecule has 1 saturated carbocycles. The minimum Gasteiger partial charge on any atom is -0.343 e. The number of piperazine rings is 1. The van der Waals surface area contributed by atoms with E-state index in [9.17, 15) is 9.59 Å². The van der Waals surface area contributed by atoms with Crippen LogP contribution in [-0.2, 0) is 9.59 Å². The van der Waals surface area contributed by atoms with E-state index in [1.54, 1.807) is 6.92 Å². The van der Waals surface area contributed by atoms with Gasteiger partial charge in [0.25, 0.3) is 0 Å². The summed E-state index contributed by atoms with van der Waals surface area (Å²) in [6, 6.07) is -0.377. The van der Waals surface area contributed by atoms with Crippen LogP contribution in [0.4, 0.5) is 0 Å². The summed E-state index contributed by atoms with van der Waals surface area (Å²) in [5, 5.41) is 2.84. The number of hydrogen-bond donors (Lipinski definition) is 1. The molecule has 1 N–H and O–H groups in total. The van der Waals surface area contributed by atoms with Crippen LogP contribution in [-0.4, -0.2) is 46.3 Å². The molecule has 0 aromatic rings. The average molecular weight is 284 g/mol. The summed E-state index contributed by atoms with van der Waals surface area (Å²) in [6.07, 6.45) is 3.09. The number of hydrogen-bond acceptors (Lipinski definition) is 3. The van der Waals surface area contributed by atoms with Crippen molar-refractivity contribution in [3.63, 3.8) is 0 Å². The van der Waals surface area contributed by atoms with Crippen molar-refractivity contribution in [2.45, 2.75) is 51.6 Å². The van der Waals surface area contributed by atoms with Gasteiger partial charge in [0, 0.05) is 6.54 Å². The number of carbonyl (C=O) groups excluding carboxylic acids is 2. The summed E-state index contributed by atoms with van der Waals surface area (Å²) < 4.78 is 0. The third-order valence-corrected chi connectivity index (χ3v) is 5.24. The molecule has 5 heteroatoms. The van der Waals surface area contributed by atoms with E-state index in [-0.39, 0.29) is 17.9 Å². The maximum Gasteiger partial charge on any atom is 0.246 e. The standard InChI is InChI=1S/C14H24N2O2S/c1-4-19-9-5-8-16-12(17)10(2)15-13(18)14(16,3)11-6-7-11/h10-11H,4-9H2,1-3H3,(H,15,18). The molecule has 0 radical (unpaired) electrons. The summed E-state index contributed by atoms with van der Waals surface area (Å²) in [7, 11) is 0. The number of thioether (sulfide) groups is 1. The largest absolute Gasteiger partial charge is 0.343 e. The second-order valence-electron chi connectivity index (χ2n) is 5.66. The van der Waals surface area contributed by atoms with Crippen molar-refractivity contribution in [1.29, 1.82) is 0 Å². The summed E-state index contributed by atoms with van der Waals surface area (Å²) in [5.41, 5.74) is -0.611. The van der Waals surface area contributed by atoms with Crippen LogP contribution < -0.4 is 5.32 Å². The van der Waals surface area contributed by atoms with E-state index in [4.69, 9.17) is 0 Å². The molecule has 19 heavy (non-hydrogen) atoms. The van der Waals surface area contributed by atoms with Crippen LogP contribution in [0.5, 0.6) is 0 Å². The predicted molar refractivity (Wildman–Crippen MR) is 78.1 cm³/mol. The second kappa shape index (κ2) is 5.73. The Bertz CT molecular complexity index is 370. The molecule has 2 atom stereocenters. The van der Waals surface area contributed by atoms with Gasteiger partial charge in [-0.15, -0.1) is 0 Å². The first-order valence-electron chi connectivity index (χ1n) is 7.22. The molecule has 2 aliphatic rings. The van der Waals surface area contributed by atoms with Gasteiger partial charge in [0.2, 0.25) is 11.8 Å². The van der Waals surface area contributed by atoms with Gasteiger partial charge in [0.1, 0.15) is 11.6 Å². The minimum absolute atomic E-state index is 0.0326. The van der Waals surface area contributed by atoms with Gasteiger partial charge < -0.3 is 10.2 Å². The highest BCUT2D eigenvalue weighted by molar-refractivity contribution is 7.99. The van der Waals surface area contributed by atoms with Crippen LogP contribution in [0, 0.1) is 5.92 Å². The van der Waals surface area contributed by atoms with Gasteiger partial charge in [-0.2, -0.15) is 11.8 Å². The van der Waals surface area contributed by atoms with Crippen LogP contribution >= 0.6 is 11.8 Å². The molecule has 2 amide bonds. The molecule has 108 valence electrons. The lowest BCUT2D eigenvalue weighted by atomic mass is 9.88. The molecule has 2 fully saturated rings. The Balaban J connectivity index is 2.08. The van der Waals surface area contributed by atoms with Gasteiger partial charge in [-0.3, -0.25) is 9.59 Å². The molecule has 1 aliphatic carbocycles. The number of nitrogens with zero attached hydrogens (tertiary/aromatic N) is 1. The Morgan fingerprint density at radius 2 is 2.11 bits per heavy atom. The lowest BCUT2D eigenvalue weighted by Crippen LogP contribution is -2.70. The van der Waals surface area contributed by atoms with Crippen molar-refractivity contribution < 1.29 is 9.59 Å². The van der Waals surface area contributed by atoms with Gasteiger partial charge >= 0.3 is 0 Å². The molecule has 1 heterocycles. The molecule has 2 rings (SSSR count). The van der Waals surface area contributed by atoms with Crippen molar-refractivity contribution in [2.75, 3.05) is 18.1 Å². The smallest absolute Gasteiger partial charge is 0.246 e. The molecular weight excluding hydrogens is 260 g/mol. The zero-order chi connectivity index (χ0) is 14.0. The van der Waals surface area contributed by atoms with Gasteiger partial charge in [-0.25, -0.2) is 0 Å². The van der Waals surface area contributed by atoms with E-state index in [0.29, 0.717) is 12.5 Å². The molecule has 0 aromatic carbocycles. The Hall–Kier alpha value is -0.710. The van der Waals surface area contributed by atoms with Crippen molar-refractivity contribution >= 4 is 23.6 Å². The number of carbonyl (C=O) groups is 2. The van der Waals surface area contributed by atoms with Gasteiger partial charge in [0.05, 0.1) is 0 Å². The Morgan fingerprint density at radius 1 is 1.42 bits per heavy atom. The van der Waals surface area contributed by atoms with E-state index >= 15 is 0 Å². The quantitative estimate of drug-likeness (QED) is 0.755. The van der Waals surface area contributed by atoms with Crippen molar-refractivity contribution in [1.82, 2.24) is 10.2 Å². The molecule has 0 spiro atoms. The zero-order valence-electron chi connectivity index (χ0n) is 12.1. The zero-order valence-corrected chi connectivity index (χ0v) is 12.9. The van der Waals surface area contributed by atoms with Gasteiger partial charge in [-0.05, 0) is 50.5 Å². The van der Waals surface area contributed by atoms with E-state index in [1.807, 2.05) is 23.6 Å². The van der Waals surface area contributed by atoms with Crippen LogP contribution in [0.15, 0.2) is 0 Å².